The van der Waals surface area contributed by atoms with Crippen LogP contribution in [0.1, 0.15) is 38.6 Å². The van der Waals surface area contributed by atoms with Crippen molar-refractivity contribution in [1.82, 2.24) is 4.90 Å². The summed E-state index contributed by atoms with van der Waals surface area (Å²) in [6.07, 6.45) is 0.858. The van der Waals surface area contributed by atoms with Crippen LogP contribution in [0.15, 0.2) is 47.2 Å². The van der Waals surface area contributed by atoms with E-state index in [0.29, 0.717) is 23.6 Å². The van der Waals surface area contributed by atoms with Crippen LogP contribution in [0.5, 0.6) is 11.5 Å². The molecule has 0 spiro atoms. The largest absolute Gasteiger partial charge is 0.493 e. The van der Waals surface area contributed by atoms with E-state index in [2.05, 4.69) is 17.5 Å². The maximum absolute atomic E-state index is 13.1. The van der Waals surface area contributed by atoms with Gasteiger partial charge in [0, 0.05) is 21.9 Å². The van der Waals surface area contributed by atoms with E-state index in [0.717, 1.165) is 11.3 Å². The number of ether oxygens (including phenoxy) is 2. The quantitative estimate of drug-likeness (QED) is 0.541. The molecule has 0 fully saturated rings. The summed E-state index contributed by atoms with van der Waals surface area (Å²) >= 11 is 3.41. The highest BCUT2D eigenvalue weighted by Crippen LogP contribution is 2.39. The monoisotopic (exact) mass is 427 g/mol. The molecule has 0 aliphatic carbocycles. The zero-order chi connectivity index (χ0) is 20.4. The number of hydrogen-bond acceptors (Lipinski definition) is 6. The number of benzene rings is 1. The lowest BCUT2D eigenvalue weighted by atomic mass is 9.98. The van der Waals surface area contributed by atoms with E-state index in [4.69, 9.17) is 9.47 Å². The number of hydrogen-bond donors (Lipinski definition) is 0. The molecule has 0 saturated heterocycles. The van der Waals surface area contributed by atoms with Gasteiger partial charge in [0.2, 0.25) is 0 Å². The molecule has 150 valence electrons. The van der Waals surface area contributed by atoms with Gasteiger partial charge >= 0.3 is 0 Å². The smallest absolute Gasteiger partial charge is 0.261 e. The summed E-state index contributed by atoms with van der Waals surface area (Å²) in [5.74, 6) is 0.772. The Bertz CT molecular complexity index is 1030. The number of Topliss-reactive ketones (excluding diaryl/α,β-unsaturated/α-hetero) is 1. The molecular formula is C22H21NO4S2. The fourth-order valence-electron chi connectivity index (χ4n) is 3.57. The van der Waals surface area contributed by atoms with Gasteiger partial charge in [-0.15, -0.1) is 22.7 Å². The van der Waals surface area contributed by atoms with Crippen LogP contribution in [0, 0.1) is 0 Å². The highest BCUT2D eigenvalue weighted by molar-refractivity contribution is 7.10. The minimum atomic E-state index is -0.0862. The minimum Gasteiger partial charge on any atom is -0.493 e. The van der Waals surface area contributed by atoms with E-state index in [1.54, 1.807) is 40.9 Å². The van der Waals surface area contributed by atoms with Gasteiger partial charge in [-0.05, 0) is 60.0 Å². The molecule has 3 heterocycles. The number of methoxy groups -OCH3 is 1. The lowest BCUT2D eigenvalue weighted by molar-refractivity contribution is -0.135. The van der Waals surface area contributed by atoms with Crippen LogP contribution in [0.3, 0.4) is 0 Å². The van der Waals surface area contributed by atoms with Gasteiger partial charge < -0.3 is 14.4 Å². The Morgan fingerprint density at radius 1 is 1.14 bits per heavy atom. The van der Waals surface area contributed by atoms with Crippen molar-refractivity contribution in [3.05, 3.63) is 68.0 Å². The molecule has 1 aromatic carbocycles. The van der Waals surface area contributed by atoms with E-state index in [9.17, 15) is 9.59 Å². The first-order chi connectivity index (χ1) is 14.1. The molecule has 5 nitrogen and oxygen atoms in total. The molecule has 0 unspecified atom stereocenters. The van der Waals surface area contributed by atoms with Crippen molar-refractivity contribution in [2.45, 2.75) is 19.4 Å². The first-order valence-electron chi connectivity index (χ1n) is 9.29. The Morgan fingerprint density at radius 3 is 2.72 bits per heavy atom. The average Bonchev–Trinajstić information content (AvgIpc) is 3.42. The van der Waals surface area contributed by atoms with Crippen LogP contribution in [0.2, 0.25) is 0 Å². The number of amides is 1. The molecule has 4 rings (SSSR count). The van der Waals surface area contributed by atoms with Crippen LogP contribution in [0.4, 0.5) is 0 Å². The summed E-state index contributed by atoms with van der Waals surface area (Å²) in [6, 6.07) is 11.1. The van der Waals surface area contributed by atoms with Crippen molar-refractivity contribution >= 4 is 34.4 Å². The van der Waals surface area contributed by atoms with Crippen molar-refractivity contribution < 1.29 is 19.1 Å². The molecule has 7 heteroatoms. The third-order valence-corrected chi connectivity index (χ3v) is 6.94. The molecule has 0 saturated carbocycles. The van der Waals surface area contributed by atoms with Gasteiger partial charge in [0.05, 0.1) is 13.2 Å². The Balaban J connectivity index is 1.53. The Hall–Kier alpha value is -2.64. The van der Waals surface area contributed by atoms with Crippen LogP contribution in [-0.4, -0.2) is 36.9 Å². The molecule has 2 aromatic heterocycles. The summed E-state index contributed by atoms with van der Waals surface area (Å²) in [5.41, 5.74) is 1.75. The number of carbonyl (C=O) groups excluding carboxylic acids is 2. The zero-order valence-corrected chi connectivity index (χ0v) is 17.8. The lowest BCUT2D eigenvalue weighted by Gasteiger charge is -2.35. The van der Waals surface area contributed by atoms with E-state index in [-0.39, 0.29) is 24.3 Å². The number of nitrogens with zero attached hydrogens (tertiary/aromatic N) is 1. The van der Waals surface area contributed by atoms with Gasteiger partial charge in [0.1, 0.15) is 0 Å². The Kier molecular flexibility index (Phi) is 5.69. The second kappa shape index (κ2) is 8.39. The summed E-state index contributed by atoms with van der Waals surface area (Å²) in [4.78, 5) is 29.1. The van der Waals surface area contributed by atoms with E-state index >= 15 is 0 Å². The molecule has 1 atom stereocenters. The number of ketones is 1. The number of rotatable bonds is 6. The van der Waals surface area contributed by atoms with E-state index in [1.165, 1.54) is 24.5 Å². The maximum Gasteiger partial charge on any atom is 0.261 e. The molecule has 29 heavy (non-hydrogen) atoms. The van der Waals surface area contributed by atoms with Crippen molar-refractivity contribution in [2.75, 3.05) is 20.3 Å². The van der Waals surface area contributed by atoms with E-state index < -0.39 is 0 Å². The number of carbonyl (C=O) groups is 2. The second-order valence-electron chi connectivity index (χ2n) is 6.76. The van der Waals surface area contributed by atoms with Crippen molar-refractivity contribution in [1.29, 1.82) is 0 Å². The zero-order valence-electron chi connectivity index (χ0n) is 16.2. The van der Waals surface area contributed by atoms with Gasteiger partial charge in [0.25, 0.3) is 5.91 Å². The third-order valence-electron chi connectivity index (χ3n) is 5.02. The summed E-state index contributed by atoms with van der Waals surface area (Å²) in [6.45, 7) is 2.08. The van der Waals surface area contributed by atoms with Crippen molar-refractivity contribution in [3.8, 4) is 11.5 Å². The summed E-state index contributed by atoms with van der Waals surface area (Å²) < 4.78 is 11.1. The minimum absolute atomic E-state index is 0.0513. The fraction of sp³-hybridized carbons (Fsp3) is 0.273. The third kappa shape index (κ3) is 3.93. The topological polar surface area (TPSA) is 55.8 Å². The molecular weight excluding hydrogens is 406 g/mol. The SMILES string of the molecule is COc1cc(C(C)=O)ccc1OCC(=O)N1CCc2sccc2[C@@H]1c1cccs1. The normalized spacial score (nSPS) is 15.7. The number of fused-ring (bicyclic) bond motifs is 1. The molecule has 3 aromatic rings. The molecule has 0 N–H and O–H groups in total. The van der Waals surface area contributed by atoms with Crippen LogP contribution in [-0.2, 0) is 11.2 Å². The summed E-state index contributed by atoms with van der Waals surface area (Å²) in [7, 11) is 1.52. The van der Waals surface area contributed by atoms with Gasteiger partial charge in [-0.2, -0.15) is 0 Å². The first kappa shape index (κ1) is 19.7. The number of thiophene rings is 2. The van der Waals surface area contributed by atoms with Crippen LogP contribution in [0.25, 0.3) is 0 Å². The molecule has 0 bridgehead atoms. The second-order valence-corrected chi connectivity index (χ2v) is 8.74. The molecule has 1 aliphatic heterocycles. The maximum atomic E-state index is 13.1. The van der Waals surface area contributed by atoms with Crippen molar-refractivity contribution in [3.63, 3.8) is 0 Å². The standard InChI is InChI=1S/C22H21NO4S2/c1-14(24)15-5-6-17(18(12-15)26-2)27-13-21(25)23-9-7-19-16(8-11-29-19)22(23)20-4-3-10-28-20/h3-6,8,10-12,22H,7,9,13H2,1-2H3/t22-/m1/s1. The van der Waals surface area contributed by atoms with Gasteiger partial charge in [-0.25, -0.2) is 0 Å². The Morgan fingerprint density at radius 2 is 2.00 bits per heavy atom. The van der Waals surface area contributed by atoms with Crippen molar-refractivity contribution in [2.24, 2.45) is 0 Å². The van der Waals surface area contributed by atoms with Crippen LogP contribution >= 0.6 is 22.7 Å². The summed E-state index contributed by atoms with van der Waals surface area (Å²) in [5, 5.41) is 4.13. The molecule has 1 aliphatic rings. The predicted molar refractivity (Wildman–Crippen MR) is 114 cm³/mol. The van der Waals surface area contributed by atoms with Crippen LogP contribution < -0.4 is 9.47 Å². The lowest BCUT2D eigenvalue weighted by Crippen LogP contribution is -2.42. The Labute approximate surface area is 177 Å². The van der Waals surface area contributed by atoms with E-state index in [1.807, 2.05) is 16.3 Å². The molecule has 0 radical (unpaired) electrons. The highest BCUT2D eigenvalue weighted by Gasteiger charge is 2.33. The van der Waals surface area contributed by atoms with Gasteiger partial charge in [-0.1, -0.05) is 6.07 Å². The average molecular weight is 428 g/mol. The predicted octanol–water partition coefficient (Wildman–Crippen LogP) is 4.57. The van der Waals surface area contributed by atoms with Gasteiger partial charge in [0.15, 0.2) is 23.9 Å². The van der Waals surface area contributed by atoms with Gasteiger partial charge in [-0.3, -0.25) is 9.59 Å². The fourth-order valence-corrected chi connectivity index (χ4v) is 5.33. The first-order valence-corrected chi connectivity index (χ1v) is 11.1. The highest BCUT2D eigenvalue weighted by atomic mass is 32.1. The molecule has 1 amide bonds.